The fourth-order valence-electron chi connectivity index (χ4n) is 3.30. The largest absolute Gasteiger partial charge is 0.494 e. The number of aromatic nitrogens is 2. The van der Waals surface area contributed by atoms with E-state index in [0.717, 1.165) is 56.5 Å². The summed E-state index contributed by atoms with van der Waals surface area (Å²) in [7, 11) is 0. The third-order valence-electron chi connectivity index (χ3n) is 4.79. The normalized spacial score (nSPS) is 13.1. The molecule has 29 heavy (non-hydrogen) atoms. The Balaban J connectivity index is 1.24. The highest BCUT2D eigenvalue weighted by Gasteiger charge is 2.15. The van der Waals surface area contributed by atoms with Crippen molar-refractivity contribution in [3.8, 4) is 17.0 Å². The number of imidazole rings is 1. The zero-order valence-electron chi connectivity index (χ0n) is 16.1. The Kier molecular flexibility index (Phi) is 6.25. The van der Waals surface area contributed by atoms with E-state index in [1.165, 1.54) is 5.56 Å². The van der Waals surface area contributed by atoms with Gasteiger partial charge in [0.1, 0.15) is 5.75 Å². The minimum Gasteiger partial charge on any atom is -0.494 e. The Morgan fingerprint density at radius 2 is 2.10 bits per heavy atom. The molecule has 7 heteroatoms. The number of nitrogens with one attached hydrogen (secondary N) is 2. The number of thioether (sulfide) groups is 1. The molecule has 0 unspecified atom stereocenters. The van der Waals surface area contributed by atoms with Gasteiger partial charge in [0.15, 0.2) is 5.16 Å². The Morgan fingerprint density at radius 3 is 2.97 bits per heavy atom. The quantitative estimate of drug-likeness (QED) is 0.347. The number of hydrogen-bond acceptors (Lipinski definition) is 4. The average molecular weight is 472 g/mol. The van der Waals surface area contributed by atoms with Gasteiger partial charge in [-0.3, -0.25) is 4.79 Å². The molecular formula is C22H22BrN3O2S. The van der Waals surface area contributed by atoms with Gasteiger partial charge in [-0.2, -0.15) is 0 Å². The molecule has 0 spiro atoms. The lowest BCUT2D eigenvalue weighted by Gasteiger charge is -2.17. The van der Waals surface area contributed by atoms with E-state index < -0.39 is 0 Å². The summed E-state index contributed by atoms with van der Waals surface area (Å²) in [5.74, 6) is 1.86. The van der Waals surface area contributed by atoms with Crippen LogP contribution in [0, 0.1) is 6.92 Å². The molecule has 1 aliphatic rings. The molecule has 4 rings (SSSR count). The number of nitrogens with zero attached hydrogens (tertiary/aromatic N) is 1. The molecule has 2 N–H and O–H groups in total. The van der Waals surface area contributed by atoms with E-state index in [0.29, 0.717) is 13.0 Å². The van der Waals surface area contributed by atoms with Gasteiger partial charge in [0.2, 0.25) is 5.91 Å². The number of hydrogen-bond donors (Lipinski definition) is 2. The van der Waals surface area contributed by atoms with Crippen LogP contribution in [-0.2, 0) is 11.2 Å². The SMILES string of the molecule is Cc1cc(Br)ccc1-c1c[nH]c(SCCCOc2ccc3c(c2)CCC(=O)N3)n1. The van der Waals surface area contributed by atoms with E-state index >= 15 is 0 Å². The number of carbonyl (C=O) groups excluding carboxylic acids is 1. The van der Waals surface area contributed by atoms with Crippen molar-refractivity contribution in [1.29, 1.82) is 0 Å². The first-order valence-electron chi connectivity index (χ1n) is 9.59. The lowest BCUT2D eigenvalue weighted by Crippen LogP contribution is -2.18. The molecule has 3 aromatic rings. The highest BCUT2D eigenvalue weighted by molar-refractivity contribution is 9.10. The average Bonchev–Trinajstić information content (AvgIpc) is 3.16. The molecular weight excluding hydrogens is 450 g/mol. The van der Waals surface area contributed by atoms with Gasteiger partial charge in [0.25, 0.3) is 0 Å². The number of halogens is 1. The van der Waals surface area contributed by atoms with Crippen molar-refractivity contribution in [1.82, 2.24) is 9.97 Å². The minimum atomic E-state index is 0.0829. The number of ether oxygens (including phenoxy) is 1. The second kappa shape index (κ2) is 9.05. The molecule has 1 aliphatic heterocycles. The van der Waals surface area contributed by atoms with Gasteiger partial charge in [-0.25, -0.2) is 4.98 Å². The van der Waals surface area contributed by atoms with Crippen LogP contribution in [0.4, 0.5) is 5.69 Å². The van der Waals surface area contributed by atoms with Gasteiger partial charge >= 0.3 is 0 Å². The summed E-state index contributed by atoms with van der Waals surface area (Å²) in [6.07, 6.45) is 4.19. The summed E-state index contributed by atoms with van der Waals surface area (Å²) in [4.78, 5) is 19.4. The van der Waals surface area contributed by atoms with E-state index in [2.05, 4.69) is 45.3 Å². The van der Waals surface area contributed by atoms with Crippen LogP contribution in [0.1, 0.15) is 24.0 Å². The molecule has 0 saturated heterocycles. The fourth-order valence-corrected chi connectivity index (χ4v) is 4.53. The lowest BCUT2D eigenvalue weighted by atomic mass is 10.0. The molecule has 2 heterocycles. The summed E-state index contributed by atoms with van der Waals surface area (Å²) in [5.41, 5.74) is 5.35. The maximum Gasteiger partial charge on any atom is 0.224 e. The molecule has 0 radical (unpaired) electrons. The third kappa shape index (κ3) is 5.03. The smallest absolute Gasteiger partial charge is 0.224 e. The highest BCUT2D eigenvalue weighted by Crippen LogP contribution is 2.28. The number of fused-ring (bicyclic) bond motifs is 1. The highest BCUT2D eigenvalue weighted by atomic mass is 79.9. The Hall–Kier alpha value is -2.25. The summed E-state index contributed by atoms with van der Waals surface area (Å²) in [6.45, 7) is 2.74. The Labute approximate surface area is 182 Å². The molecule has 1 amide bonds. The molecule has 0 aliphatic carbocycles. The summed E-state index contributed by atoms with van der Waals surface area (Å²) in [5, 5.41) is 3.81. The van der Waals surface area contributed by atoms with Crippen LogP contribution >= 0.6 is 27.7 Å². The van der Waals surface area contributed by atoms with Crippen LogP contribution in [0.2, 0.25) is 0 Å². The third-order valence-corrected chi connectivity index (χ3v) is 6.26. The second-order valence-electron chi connectivity index (χ2n) is 6.97. The number of anilines is 1. The maximum atomic E-state index is 11.4. The van der Waals surface area contributed by atoms with E-state index in [-0.39, 0.29) is 5.91 Å². The van der Waals surface area contributed by atoms with Gasteiger partial charge in [0, 0.05) is 34.1 Å². The Morgan fingerprint density at radius 1 is 1.21 bits per heavy atom. The van der Waals surface area contributed by atoms with Gasteiger partial charge in [0.05, 0.1) is 12.3 Å². The molecule has 0 fully saturated rings. The molecule has 0 atom stereocenters. The van der Waals surface area contributed by atoms with Gasteiger partial charge in [-0.15, -0.1) is 0 Å². The second-order valence-corrected chi connectivity index (χ2v) is 8.97. The van der Waals surface area contributed by atoms with Crippen LogP contribution in [0.3, 0.4) is 0 Å². The number of aromatic amines is 1. The minimum absolute atomic E-state index is 0.0829. The molecule has 5 nitrogen and oxygen atoms in total. The van der Waals surface area contributed by atoms with Crippen molar-refractivity contribution in [2.24, 2.45) is 0 Å². The summed E-state index contributed by atoms with van der Waals surface area (Å²) >= 11 is 5.20. The van der Waals surface area contributed by atoms with E-state index in [1.807, 2.05) is 30.5 Å². The van der Waals surface area contributed by atoms with Crippen molar-refractivity contribution < 1.29 is 9.53 Å². The van der Waals surface area contributed by atoms with Gasteiger partial charge in [-0.1, -0.05) is 33.8 Å². The first-order chi connectivity index (χ1) is 14.1. The number of rotatable bonds is 7. The van der Waals surface area contributed by atoms with Crippen LogP contribution in [-0.4, -0.2) is 28.2 Å². The zero-order chi connectivity index (χ0) is 20.2. The number of amides is 1. The summed E-state index contributed by atoms with van der Waals surface area (Å²) in [6, 6.07) is 12.1. The van der Waals surface area contributed by atoms with Crippen LogP contribution < -0.4 is 10.1 Å². The molecule has 0 saturated carbocycles. The molecule has 2 aromatic carbocycles. The van der Waals surface area contributed by atoms with Crippen molar-refractivity contribution in [3.05, 3.63) is 58.2 Å². The Bertz CT molecular complexity index is 1030. The number of carbonyl (C=O) groups is 1. The summed E-state index contributed by atoms with van der Waals surface area (Å²) < 4.78 is 6.95. The number of aryl methyl sites for hydroxylation is 2. The van der Waals surface area contributed by atoms with Crippen LogP contribution in [0.15, 0.2) is 52.2 Å². The first-order valence-corrected chi connectivity index (χ1v) is 11.4. The van der Waals surface area contributed by atoms with E-state index in [9.17, 15) is 4.79 Å². The standard InChI is InChI=1S/C22H22BrN3O2S/c1-14-11-16(23)4-6-18(14)20-13-24-22(26-20)29-10-2-9-28-17-5-7-19-15(12-17)3-8-21(27)25-19/h4-7,11-13H,2-3,8-10H2,1H3,(H,24,26)(H,25,27). The van der Waals surface area contributed by atoms with Crippen LogP contribution in [0.25, 0.3) is 11.3 Å². The van der Waals surface area contributed by atoms with Crippen molar-refractivity contribution in [2.75, 3.05) is 17.7 Å². The molecule has 1 aromatic heterocycles. The van der Waals surface area contributed by atoms with E-state index in [4.69, 9.17) is 9.72 Å². The van der Waals surface area contributed by atoms with Crippen molar-refractivity contribution in [3.63, 3.8) is 0 Å². The molecule has 150 valence electrons. The maximum absolute atomic E-state index is 11.4. The van der Waals surface area contributed by atoms with Crippen molar-refractivity contribution in [2.45, 2.75) is 31.3 Å². The van der Waals surface area contributed by atoms with Gasteiger partial charge < -0.3 is 15.0 Å². The number of benzene rings is 2. The topological polar surface area (TPSA) is 67.0 Å². The predicted molar refractivity (Wildman–Crippen MR) is 121 cm³/mol. The molecule has 0 bridgehead atoms. The van der Waals surface area contributed by atoms with Gasteiger partial charge in [-0.05, 0) is 61.2 Å². The van der Waals surface area contributed by atoms with E-state index in [1.54, 1.807) is 11.8 Å². The monoisotopic (exact) mass is 471 g/mol. The van der Waals surface area contributed by atoms with Crippen LogP contribution in [0.5, 0.6) is 5.75 Å². The fraction of sp³-hybridized carbons (Fsp3) is 0.273. The predicted octanol–water partition coefficient (Wildman–Crippen LogP) is 5.59. The lowest BCUT2D eigenvalue weighted by molar-refractivity contribution is -0.116. The number of H-pyrrole nitrogens is 1. The van der Waals surface area contributed by atoms with Crippen molar-refractivity contribution >= 4 is 39.3 Å². The zero-order valence-corrected chi connectivity index (χ0v) is 18.5. The first kappa shape index (κ1) is 20.0.